The topological polar surface area (TPSA) is 9.23 Å². The fourth-order valence-corrected chi connectivity index (χ4v) is 3.08. The standard InChI is InChI=1S/C20H28O/c1-15(2)9-8-10-16(3)19-14-13-17(4)21-20(19)18-11-6-5-7-12-18/h5-7,9,11-12,17,19-20H,3,8,10,13-14H2,1-2,4H3. The van der Waals surface area contributed by atoms with Crippen molar-refractivity contribution >= 4 is 0 Å². The Bertz CT molecular complexity index is 482. The van der Waals surface area contributed by atoms with Crippen LogP contribution in [0.15, 0.2) is 54.1 Å². The Kier molecular flexibility index (Phi) is 5.81. The lowest BCUT2D eigenvalue weighted by Crippen LogP contribution is -2.28. The molecule has 3 atom stereocenters. The van der Waals surface area contributed by atoms with Gasteiger partial charge in [-0.2, -0.15) is 0 Å². The summed E-state index contributed by atoms with van der Waals surface area (Å²) in [5, 5.41) is 0. The molecular formula is C20H28O. The molecule has 1 heterocycles. The highest BCUT2D eigenvalue weighted by atomic mass is 16.5. The number of benzene rings is 1. The van der Waals surface area contributed by atoms with Crippen molar-refractivity contribution in [2.75, 3.05) is 0 Å². The van der Waals surface area contributed by atoms with E-state index in [1.807, 2.05) is 0 Å². The molecule has 1 aromatic rings. The van der Waals surface area contributed by atoms with Crippen molar-refractivity contribution in [3.05, 3.63) is 59.7 Å². The maximum Gasteiger partial charge on any atom is 0.0893 e. The average Bonchev–Trinajstić information content (AvgIpc) is 2.47. The van der Waals surface area contributed by atoms with Crippen LogP contribution in [0.2, 0.25) is 0 Å². The highest BCUT2D eigenvalue weighted by molar-refractivity contribution is 5.22. The number of ether oxygens (including phenoxy) is 1. The number of hydrogen-bond donors (Lipinski definition) is 0. The third-order valence-corrected chi connectivity index (χ3v) is 4.30. The van der Waals surface area contributed by atoms with E-state index in [2.05, 4.69) is 63.8 Å². The monoisotopic (exact) mass is 284 g/mol. The van der Waals surface area contributed by atoms with E-state index in [9.17, 15) is 0 Å². The third kappa shape index (κ3) is 4.57. The summed E-state index contributed by atoms with van der Waals surface area (Å²) in [6, 6.07) is 10.6. The molecule has 2 rings (SSSR count). The Balaban J connectivity index is 2.08. The molecule has 1 nitrogen and oxygen atoms in total. The van der Waals surface area contributed by atoms with Crippen LogP contribution in [0.1, 0.15) is 58.1 Å². The molecule has 0 bridgehead atoms. The Morgan fingerprint density at radius 1 is 1.24 bits per heavy atom. The first-order valence-corrected chi connectivity index (χ1v) is 8.09. The van der Waals surface area contributed by atoms with E-state index < -0.39 is 0 Å². The Morgan fingerprint density at radius 3 is 2.62 bits per heavy atom. The number of hydrogen-bond acceptors (Lipinski definition) is 1. The molecule has 1 saturated heterocycles. The normalized spacial score (nSPS) is 25.4. The molecule has 3 unspecified atom stereocenters. The molecule has 0 aliphatic carbocycles. The van der Waals surface area contributed by atoms with Gasteiger partial charge in [0, 0.05) is 5.92 Å². The van der Waals surface area contributed by atoms with Gasteiger partial charge >= 0.3 is 0 Å². The summed E-state index contributed by atoms with van der Waals surface area (Å²) in [6.45, 7) is 10.9. The van der Waals surface area contributed by atoms with Gasteiger partial charge in [-0.05, 0) is 52.0 Å². The van der Waals surface area contributed by atoms with Gasteiger partial charge < -0.3 is 4.74 Å². The minimum Gasteiger partial charge on any atom is -0.370 e. The van der Waals surface area contributed by atoms with Crippen LogP contribution in [-0.2, 0) is 4.74 Å². The van der Waals surface area contributed by atoms with Crippen LogP contribution in [0.25, 0.3) is 0 Å². The quantitative estimate of drug-likeness (QED) is 0.617. The van der Waals surface area contributed by atoms with Crippen LogP contribution in [0, 0.1) is 5.92 Å². The van der Waals surface area contributed by atoms with E-state index in [-0.39, 0.29) is 6.10 Å². The minimum atomic E-state index is 0.175. The van der Waals surface area contributed by atoms with Gasteiger partial charge in [-0.1, -0.05) is 54.1 Å². The van der Waals surface area contributed by atoms with Gasteiger partial charge in [0.05, 0.1) is 12.2 Å². The molecule has 1 fully saturated rings. The van der Waals surface area contributed by atoms with Crippen molar-refractivity contribution in [3.8, 4) is 0 Å². The zero-order chi connectivity index (χ0) is 15.2. The summed E-state index contributed by atoms with van der Waals surface area (Å²) in [5.74, 6) is 0.453. The highest BCUT2D eigenvalue weighted by Gasteiger charge is 2.31. The summed E-state index contributed by atoms with van der Waals surface area (Å²) in [4.78, 5) is 0. The van der Waals surface area contributed by atoms with Crippen LogP contribution in [0.4, 0.5) is 0 Å². The summed E-state index contributed by atoms with van der Waals surface area (Å²) < 4.78 is 6.26. The maximum atomic E-state index is 6.26. The van der Waals surface area contributed by atoms with Crippen LogP contribution in [0.5, 0.6) is 0 Å². The lowest BCUT2D eigenvalue weighted by atomic mass is 9.81. The van der Waals surface area contributed by atoms with Gasteiger partial charge in [-0.15, -0.1) is 0 Å². The van der Waals surface area contributed by atoms with E-state index in [4.69, 9.17) is 4.74 Å². The largest absolute Gasteiger partial charge is 0.370 e. The second-order valence-electron chi connectivity index (χ2n) is 6.44. The molecule has 114 valence electrons. The van der Waals surface area contributed by atoms with Gasteiger partial charge in [-0.25, -0.2) is 0 Å². The van der Waals surface area contributed by atoms with Crippen LogP contribution in [-0.4, -0.2) is 6.10 Å². The van der Waals surface area contributed by atoms with E-state index in [1.165, 1.54) is 23.1 Å². The first-order chi connectivity index (χ1) is 10.1. The summed E-state index contributed by atoms with van der Waals surface area (Å²) in [7, 11) is 0. The van der Waals surface area contributed by atoms with Gasteiger partial charge in [0.1, 0.15) is 0 Å². The minimum absolute atomic E-state index is 0.175. The fraction of sp³-hybridized carbons (Fsp3) is 0.500. The van der Waals surface area contributed by atoms with E-state index >= 15 is 0 Å². The van der Waals surface area contributed by atoms with Gasteiger partial charge in [0.2, 0.25) is 0 Å². The molecular weight excluding hydrogens is 256 g/mol. The second kappa shape index (κ2) is 7.61. The lowest BCUT2D eigenvalue weighted by Gasteiger charge is -2.37. The second-order valence-corrected chi connectivity index (χ2v) is 6.44. The average molecular weight is 284 g/mol. The third-order valence-electron chi connectivity index (χ3n) is 4.30. The molecule has 0 aromatic heterocycles. The van der Waals surface area contributed by atoms with Crippen molar-refractivity contribution in [3.63, 3.8) is 0 Å². The highest BCUT2D eigenvalue weighted by Crippen LogP contribution is 2.41. The maximum absolute atomic E-state index is 6.26. The summed E-state index contributed by atoms with van der Waals surface area (Å²) in [5.41, 5.74) is 4.02. The molecule has 0 amide bonds. The molecule has 0 spiro atoms. The molecule has 1 aromatic carbocycles. The molecule has 1 heteroatoms. The molecule has 1 aliphatic heterocycles. The van der Waals surface area contributed by atoms with E-state index in [0.717, 1.165) is 19.3 Å². The first-order valence-electron chi connectivity index (χ1n) is 8.09. The van der Waals surface area contributed by atoms with Crippen molar-refractivity contribution in [2.45, 2.75) is 58.7 Å². The fourth-order valence-electron chi connectivity index (χ4n) is 3.08. The lowest BCUT2D eigenvalue weighted by molar-refractivity contribution is -0.0679. The zero-order valence-electron chi connectivity index (χ0n) is 13.6. The van der Waals surface area contributed by atoms with Gasteiger partial charge in [0.25, 0.3) is 0 Å². The van der Waals surface area contributed by atoms with E-state index in [1.54, 1.807) is 0 Å². The van der Waals surface area contributed by atoms with Crippen LogP contribution >= 0.6 is 0 Å². The summed E-state index contributed by atoms with van der Waals surface area (Å²) >= 11 is 0. The smallest absolute Gasteiger partial charge is 0.0893 e. The molecule has 0 radical (unpaired) electrons. The molecule has 21 heavy (non-hydrogen) atoms. The summed E-state index contributed by atoms with van der Waals surface area (Å²) in [6.07, 6.45) is 7.30. The zero-order valence-corrected chi connectivity index (χ0v) is 13.6. The van der Waals surface area contributed by atoms with Crippen LogP contribution in [0.3, 0.4) is 0 Å². The number of allylic oxidation sites excluding steroid dienone is 2. The SMILES string of the molecule is C=C(CCC=C(C)C)C1CCC(C)OC1c1ccccc1. The van der Waals surface area contributed by atoms with Gasteiger partial charge in [0.15, 0.2) is 0 Å². The Morgan fingerprint density at radius 2 is 1.95 bits per heavy atom. The predicted octanol–water partition coefficient (Wildman–Crippen LogP) is 5.85. The van der Waals surface area contributed by atoms with Crippen molar-refractivity contribution in [2.24, 2.45) is 5.92 Å². The van der Waals surface area contributed by atoms with E-state index in [0.29, 0.717) is 12.0 Å². The van der Waals surface area contributed by atoms with Crippen molar-refractivity contribution < 1.29 is 4.74 Å². The Labute approximate surface area is 129 Å². The number of rotatable bonds is 5. The first kappa shape index (κ1) is 16.0. The molecule has 0 N–H and O–H groups in total. The van der Waals surface area contributed by atoms with Crippen molar-refractivity contribution in [1.82, 2.24) is 0 Å². The van der Waals surface area contributed by atoms with Crippen LogP contribution < -0.4 is 0 Å². The Hall–Kier alpha value is -1.34. The van der Waals surface area contributed by atoms with Gasteiger partial charge in [-0.3, -0.25) is 0 Å². The van der Waals surface area contributed by atoms with Crippen molar-refractivity contribution in [1.29, 1.82) is 0 Å². The molecule has 0 saturated carbocycles. The predicted molar refractivity (Wildman–Crippen MR) is 90.3 cm³/mol. The molecule has 1 aliphatic rings.